The smallest absolute Gasteiger partial charge is 0.313 e. The van der Waals surface area contributed by atoms with Gasteiger partial charge in [0.25, 0.3) is 0 Å². The largest absolute Gasteiger partial charge is 1.00 e. The summed E-state index contributed by atoms with van der Waals surface area (Å²) in [5.41, 5.74) is 6.17. The molecule has 4 unspecified atom stereocenters. The summed E-state index contributed by atoms with van der Waals surface area (Å²) in [7, 11) is 9.32. The molecule has 4 saturated heterocycles. The van der Waals surface area contributed by atoms with Crippen molar-refractivity contribution in [1.82, 2.24) is 0 Å². The first kappa shape index (κ1) is 43.9. The van der Waals surface area contributed by atoms with Gasteiger partial charge in [-0.2, -0.15) is 0 Å². The second-order valence-electron chi connectivity index (χ2n) is 18.2. The third-order valence-electron chi connectivity index (χ3n) is 14.7. The molecule has 4 bridgehead atoms. The zero-order valence-electron chi connectivity index (χ0n) is 34.4. The normalized spacial score (nSPS) is 28.6. The Morgan fingerprint density at radius 1 is 0.569 bits per heavy atom. The van der Waals surface area contributed by atoms with Gasteiger partial charge in [-0.05, 0) is 71.5 Å². The molecule has 4 aliphatic rings. The second-order valence-corrected chi connectivity index (χ2v) is 18.2. The molecule has 4 aromatic rings. The number of rotatable bonds is 9. The van der Waals surface area contributed by atoms with E-state index >= 15 is 0 Å². The van der Waals surface area contributed by atoms with E-state index in [0.717, 1.165) is 69.7 Å². The highest BCUT2D eigenvalue weighted by Gasteiger charge is 2.57. The maximum absolute atomic E-state index is 13.6. The zero-order chi connectivity index (χ0) is 39.5. The molecule has 310 valence electrons. The van der Waals surface area contributed by atoms with Crippen LogP contribution in [0, 0.1) is 0 Å². The van der Waals surface area contributed by atoms with Gasteiger partial charge in [0.2, 0.25) is 0 Å². The van der Waals surface area contributed by atoms with Gasteiger partial charge in [0.1, 0.15) is 23.7 Å². The Labute approximate surface area is 364 Å². The fourth-order valence-corrected chi connectivity index (χ4v) is 11.2. The standard InChI is InChI=1S/C48H56N2O6.2BrH/c1-29(35-9-7-11-39(51)25-35)47(53)55-43-27-37-21-23-41(49(37,3)4)45(43)33-17-13-31(14-18-33)32-15-19-34(20-16-32)46-42-24-22-38(50(42,5)6)28-44(46)56-48(54)30(2)36-10-8-12-40(52)26-36;;/h7-20,25-26,29-30,37-38,41-46H,21-24,27-28H2,1-6H3;2*1H/t29?,30?,37-,38+,41-,42-,43+,44-,45?,46?;;/m1../s1. The van der Waals surface area contributed by atoms with Crippen LogP contribution in [0.5, 0.6) is 11.5 Å². The number of phenols is 2. The van der Waals surface area contributed by atoms with Crippen LogP contribution in [0.3, 0.4) is 0 Å². The fourth-order valence-electron chi connectivity index (χ4n) is 11.2. The molecule has 0 spiro atoms. The summed E-state index contributed by atoms with van der Waals surface area (Å²) in [5, 5.41) is 20.1. The van der Waals surface area contributed by atoms with Gasteiger partial charge in [-0.1, -0.05) is 72.8 Å². The number of carbonyl (C=O) groups is 2. The van der Waals surface area contributed by atoms with Gasteiger partial charge in [0, 0.05) is 38.5 Å². The molecule has 4 aromatic carbocycles. The van der Waals surface area contributed by atoms with Crippen LogP contribution in [0.1, 0.15) is 98.3 Å². The number of nitrogens with zero attached hydrogens (tertiary/aromatic N) is 2. The van der Waals surface area contributed by atoms with Crippen molar-refractivity contribution < 1.29 is 72.2 Å². The minimum absolute atomic E-state index is 0. The van der Waals surface area contributed by atoms with Crippen LogP contribution in [0.2, 0.25) is 0 Å². The molecule has 0 saturated carbocycles. The molecule has 4 aliphatic heterocycles. The summed E-state index contributed by atoms with van der Waals surface area (Å²) in [4.78, 5) is 27.2. The fraction of sp³-hybridized carbons (Fsp3) is 0.458. The summed E-state index contributed by atoms with van der Waals surface area (Å²) < 4.78 is 14.7. The topological polar surface area (TPSA) is 93.1 Å². The number of carbonyl (C=O) groups excluding carboxylic acids is 2. The third-order valence-corrected chi connectivity index (χ3v) is 14.7. The van der Waals surface area contributed by atoms with Gasteiger partial charge in [-0.15, -0.1) is 0 Å². The molecule has 0 radical (unpaired) electrons. The van der Waals surface area contributed by atoms with Crippen molar-refractivity contribution in [2.75, 3.05) is 28.2 Å². The third kappa shape index (κ3) is 8.11. The van der Waals surface area contributed by atoms with Gasteiger partial charge in [-0.25, -0.2) is 0 Å². The number of quaternary nitrogens is 2. The first-order chi connectivity index (χ1) is 26.7. The summed E-state index contributed by atoms with van der Waals surface area (Å²) in [6, 6.07) is 33.1. The van der Waals surface area contributed by atoms with Crippen molar-refractivity contribution in [2.45, 2.75) is 112 Å². The molecule has 10 atom stereocenters. The summed E-state index contributed by atoms with van der Waals surface area (Å²) in [6.07, 6.45) is 5.70. The zero-order valence-corrected chi connectivity index (χ0v) is 37.6. The summed E-state index contributed by atoms with van der Waals surface area (Å²) in [6.45, 7) is 3.71. The monoisotopic (exact) mass is 916 g/mol. The molecule has 0 aromatic heterocycles. The number of likely N-dealkylation sites (N-methyl/N-ethyl adjacent to an activating group) is 2. The molecule has 4 heterocycles. The molecular formula is C48H58Br2N2O6. The van der Waals surface area contributed by atoms with Crippen LogP contribution in [0.15, 0.2) is 97.1 Å². The van der Waals surface area contributed by atoms with E-state index in [9.17, 15) is 19.8 Å². The van der Waals surface area contributed by atoms with Crippen molar-refractivity contribution in [3.8, 4) is 22.6 Å². The lowest BCUT2D eigenvalue weighted by molar-refractivity contribution is -0.933. The maximum Gasteiger partial charge on any atom is 0.313 e. The lowest BCUT2D eigenvalue weighted by atomic mass is 9.79. The van der Waals surface area contributed by atoms with E-state index in [0.29, 0.717) is 24.2 Å². The predicted molar refractivity (Wildman–Crippen MR) is 217 cm³/mol. The molecule has 8 rings (SSSR count). The lowest BCUT2D eigenvalue weighted by Gasteiger charge is -2.48. The predicted octanol–water partition coefficient (Wildman–Crippen LogP) is 2.39. The van der Waals surface area contributed by atoms with Crippen LogP contribution in [0.4, 0.5) is 0 Å². The molecule has 8 nitrogen and oxygen atoms in total. The van der Waals surface area contributed by atoms with E-state index in [1.54, 1.807) is 36.4 Å². The molecule has 2 N–H and O–H groups in total. The highest BCUT2D eigenvalue weighted by atomic mass is 79.9. The van der Waals surface area contributed by atoms with E-state index < -0.39 is 11.8 Å². The van der Waals surface area contributed by atoms with Crippen molar-refractivity contribution in [3.63, 3.8) is 0 Å². The van der Waals surface area contributed by atoms with E-state index in [2.05, 4.69) is 76.7 Å². The molecule has 58 heavy (non-hydrogen) atoms. The number of piperidine rings is 2. The minimum atomic E-state index is -0.473. The highest BCUT2D eigenvalue weighted by molar-refractivity contribution is 5.79. The second kappa shape index (κ2) is 17.1. The quantitative estimate of drug-likeness (QED) is 0.198. The maximum atomic E-state index is 13.6. The van der Waals surface area contributed by atoms with Crippen molar-refractivity contribution in [2.24, 2.45) is 0 Å². The molecule has 10 heteroatoms. The van der Waals surface area contributed by atoms with Crippen molar-refractivity contribution in [1.29, 1.82) is 0 Å². The summed E-state index contributed by atoms with van der Waals surface area (Å²) in [5.74, 6) is -0.974. The first-order valence-electron chi connectivity index (χ1n) is 20.6. The number of ether oxygens (including phenoxy) is 2. The lowest BCUT2D eigenvalue weighted by Crippen LogP contribution is -3.00. The Hall–Kier alpha value is -3.70. The average Bonchev–Trinajstić information content (AvgIpc) is 3.42. The number of hydrogen-bond acceptors (Lipinski definition) is 6. The van der Waals surface area contributed by atoms with Gasteiger partial charge >= 0.3 is 11.9 Å². The average molecular weight is 919 g/mol. The van der Waals surface area contributed by atoms with Gasteiger partial charge < -0.3 is 62.6 Å². The number of halogens is 2. The van der Waals surface area contributed by atoms with Gasteiger partial charge in [0.05, 0.1) is 76.0 Å². The molecular weight excluding hydrogens is 860 g/mol. The Bertz CT molecular complexity index is 1940. The van der Waals surface area contributed by atoms with Crippen molar-refractivity contribution >= 4 is 11.9 Å². The van der Waals surface area contributed by atoms with Crippen LogP contribution < -0.4 is 34.0 Å². The number of aromatic hydroxyl groups is 2. The number of fused-ring (bicyclic) bond motifs is 4. The van der Waals surface area contributed by atoms with E-state index in [1.807, 2.05) is 26.0 Å². The first-order valence-corrected chi connectivity index (χ1v) is 20.6. The highest BCUT2D eigenvalue weighted by Crippen LogP contribution is 2.50. The molecule has 0 aliphatic carbocycles. The number of phenolic OH excluding ortho intramolecular Hbond substituents is 2. The van der Waals surface area contributed by atoms with Gasteiger partial charge in [-0.3, -0.25) is 9.59 Å². The van der Waals surface area contributed by atoms with Crippen LogP contribution in [-0.2, 0) is 19.1 Å². The van der Waals surface area contributed by atoms with Gasteiger partial charge in [0.15, 0.2) is 0 Å². The Morgan fingerprint density at radius 2 is 0.931 bits per heavy atom. The Balaban J connectivity index is 0.00000283. The van der Waals surface area contributed by atoms with Crippen LogP contribution in [-0.4, -0.2) is 95.7 Å². The summed E-state index contributed by atoms with van der Waals surface area (Å²) >= 11 is 0. The van der Waals surface area contributed by atoms with E-state index in [4.69, 9.17) is 9.47 Å². The molecule has 4 fully saturated rings. The minimum Gasteiger partial charge on any atom is -1.00 e. The van der Waals surface area contributed by atoms with E-state index in [1.165, 1.54) is 11.1 Å². The van der Waals surface area contributed by atoms with E-state index in [-0.39, 0.29) is 81.4 Å². The van der Waals surface area contributed by atoms with Crippen LogP contribution >= 0.6 is 0 Å². The number of hydrogen-bond donors (Lipinski definition) is 2. The number of esters is 2. The Kier molecular flexibility index (Phi) is 12.9. The van der Waals surface area contributed by atoms with Crippen molar-refractivity contribution in [3.05, 3.63) is 119 Å². The Morgan fingerprint density at radius 3 is 1.28 bits per heavy atom. The molecule has 0 amide bonds. The number of benzene rings is 4. The SMILES string of the molecule is CC(C(=O)O[C@H]1C[C@H]2CC[C@H](C1c1ccc(-c3ccc(C4[C@H]5CC[C@@H](C[C@H]4OC(=O)C(C)c4cccc(O)c4)[N+]5(C)C)cc3)cc1)[N+]2(C)C)c1cccc(O)c1.[Br-].[Br-]. The van der Waals surface area contributed by atoms with Crippen LogP contribution in [0.25, 0.3) is 11.1 Å².